The molecule has 2 aromatic carbocycles. The molecule has 134 valence electrons. The summed E-state index contributed by atoms with van der Waals surface area (Å²) in [6.45, 7) is 1.00. The molecule has 26 heavy (non-hydrogen) atoms. The van der Waals surface area contributed by atoms with E-state index in [-0.39, 0.29) is 5.91 Å². The highest BCUT2D eigenvalue weighted by Gasteiger charge is 2.06. The second kappa shape index (κ2) is 9.39. The van der Waals surface area contributed by atoms with Gasteiger partial charge in [-0.15, -0.1) is 0 Å². The molecule has 0 saturated heterocycles. The van der Waals surface area contributed by atoms with Gasteiger partial charge in [0.1, 0.15) is 0 Å². The summed E-state index contributed by atoms with van der Waals surface area (Å²) in [5.41, 5.74) is 1.93. The molecule has 2 rings (SSSR count). The molecule has 7 heteroatoms. The van der Waals surface area contributed by atoms with Crippen molar-refractivity contribution in [3.05, 3.63) is 65.2 Å². The number of esters is 1. The minimum atomic E-state index is -0.629. The highest BCUT2D eigenvalue weighted by Crippen LogP contribution is 2.13. The number of anilines is 2. The number of carbonyl (C=O) groups is 3. The van der Waals surface area contributed by atoms with Crippen molar-refractivity contribution < 1.29 is 19.1 Å². The lowest BCUT2D eigenvalue weighted by molar-refractivity contribution is -0.142. The van der Waals surface area contributed by atoms with E-state index in [4.69, 9.17) is 16.3 Å². The van der Waals surface area contributed by atoms with Gasteiger partial charge >= 0.3 is 5.97 Å². The lowest BCUT2D eigenvalue weighted by Gasteiger charge is -2.07. The van der Waals surface area contributed by atoms with Crippen LogP contribution in [0.1, 0.15) is 12.5 Å². The van der Waals surface area contributed by atoms with Gasteiger partial charge in [-0.25, -0.2) is 4.79 Å². The van der Waals surface area contributed by atoms with Crippen LogP contribution >= 0.6 is 11.6 Å². The third-order valence-electron chi connectivity index (χ3n) is 3.12. The van der Waals surface area contributed by atoms with Crippen molar-refractivity contribution in [2.45, 2.75) is 6.92 Å². The van der Waals surface area contributed by atoms with Gasteiger partial charge in [0.05, 0.1) is 0 Å². The van der Waals surface area contributed by atoms with Crippen LogP contribution in [0, 0.1) is 0 Å². The predicted molar refractivity (Wildman–Crippen MR) is 101 cm³/mol. The van der Waals surface area contributed by atoms with Gasteiger partial charge in [-0.3, -0.25) is 9.59 Å². The topological polar surface area (TPSA) is 84.5 Å². The van der Waals surface area contributed by atoms with Crippen LogP contribution in [0.4, 0.5) is 11.4 Å². The van der Waals surface area contributed by atoms with E-state index in [0.29, 0.717) is 16.4 Å². The summed E-state index contributed by atoms with van der Waals surface area (Å²) in [6, 6.07) is 13.5. The second-order valence-electron chi connectivity index (χ2n) is 5.30. The second-order valence-corrected chi connectivity index (χ2v) is 5.74. The summed E-state index contributed by atoms with van der Waals surface area (Å²) in [7, 11) is 0. The first kappa shape index (κ1) is 19.2. The molecule has 0 aliphatic heterocycles. The minimum Gasteiger partial charge on any atom is -0.452 e. The van der Waals surface area contributed by atoms with Crippen LogP contribution < -0.4 is 10.6 Å². The van der Waals surface area contributed by atoms with Crippen LogP contribution in [-0.4, -0.2) is 24.4 Å². The van der Waals surface area contributed by atoms with E-state index in [2.05, 4.69) is 10.6 Å². The zero-order chi connectivity index (χ0) is 18.9. The number of hydrogen-bond acceptors (Lipinski definition) is 4. The SMILES string of the molecule is CC(=O)Nc1ccc(NC(=O)COC(=O)/C=C/c2ccc(Cl)cc2)cc1. The zero-order valence-corrected chi connectivity index (χ0v) is 14.7. The van der Waals surface area contributed by atoms with E-state index in [1.165, 1.54) is 13.0 Å². The molecule has 0 spiro atoms. The quantitative estimate of drug-likeness (QED) is 0.600. The molecule has 2 N–H and O–H groups in total. The van der Waals surface area contributed by atoms with E-state index in [9.17, 15) is 14.4 Å². The Morgan fingerprint density at radius 3 is 2.12 bits per heavy atom. The van der Waals surface area contributed by atoms with Crippen LogP contribution in [0.15, 0.2) is 54.6 Å². The van der Waals surface area contributed by atoms with Gasteiger partial charge in [0.15, 0.2) is 6.61 Å². The largest absolute Gasteiger partial charge is 0.452 e. The Hall–Kier alpha value is -3.12. The average molecular weight is 373 g/mol. The van der Waals surface area contributed by atoms with Crippen molar-refractivity contribution in [1.29, 1.82) is 0 Å². The van der Waals surface area contributed by atoms with E-state index in [1.807, 2.05) is 0 Å². The maximum absolute atomic E-state index is 11.8. The smallest absolute Gasteiger partial charge is 0.331 e. The van der Waals surface area contributed by atoms with Crippen molar-refractivity contribution in [3.8, 4) is 0 Å². The number of hydrogen-bond donors (Lipinski definition) is 2. The van der Waals surface area contributed by atoms with Crippen LogP contribution in [0.25, 0.3) is 6.08 Å². The van der Waals surface area contributed by atoms with E-state index in [0.717, 1.165) is 5.56 Å². The fraction of sp³-hybridized carbons (Fsp3) is 0.105. The maximum Gasteiger partial charge on any atom is 0.331 e. The molecule has 0 fully saturated rings. The summed E-state index contributed by atoms with van der Waals surface area (Å²) < 4.78 is 4.88. The van der Waals surface area contributed by atoms with Crippen molar-refractivity contribution in [2.24, 2.45) is 0 Å². The maximum atomic E-state index is 11.8. The lowest BCUT2D eigenvalue weighted by atomic mass is 10.2. The van der Waals surface area contributed by atoms with E-state index >= 15 is 0 Å². The zero-order valence-electron chi connectivity index (χ0n) is 14.0. The minimum absolute atomic E-state index is 0.180. The third kappa shape index (κ3) is 6.78. The molecule has 0 saturated carbocycles. The van der Waals surface area contributed by atoms with Gasteiger partial charge in [0.25, 0.3) is 5.91 Å². The predicted octanol–water partition coefficient (Wildman–Crippen LogP) is 3.49. The molecule has 0 heterocycles. The first-order valence-corrected chi connectivity index (χ1v) is 8.08. The third-order valence-corrected chi connectivity index (χ3v) is 3.37. The molecule has 2 aromatic rings. The van der Waals surface area contributed by atoms with Crippen molar-refractivity contribution in [3.63, 3.8) is 0 Å². The molecular formula is C19H17ClN2O4. The molecule has 0 bridgehead atoms. The van der Waals surface area contributed by atoms with Crippen molar-refractivity contribution in [1.82, 2.24) is 0 Å². The number of ether oxygens (including phenoxy) is 1. The molecule has 2 amide bonds. The fourth-order valence-corrected chi connectivity index (χ4v) is 2.09. The summed E-state index contributed by atoms with van der Waals surface area (Å²) >= 11 is 5.78. The van der Waals surface area contributed by atoms with Gasteiger partial charge in [-0.05, 0) is 48.0 Å². The normalized spacial score (nSPS) is 10.4. The Bertz CT molecular complexity index is 814. The number of nitrogens with one attached hydrogen (secondary N) is 2. The van der Waals surface area contributed by atoms with Gasteiger partial charge in [-0.1, -0.05) is 23.7 Å². The molecule has 0 atom stereocenters. The monoisotopic (exact) mass is 372 g/mol. The average Bonchev–Trinajstić information content (AvgIpc) is 2.61. The first-order valence-electron chi connectivity index (χ1n) is 7.70. The van der Waals surface area contributed by atoms with E-state index < -0.39 is 18.5 Å². The number of carbonyl (C=O) groups excluding carboxylic acids is 3. The fourth-order valence-electron chi connectivity index (χ4n) is 1.96. The molecular weight excluding hydrogens is 356 g/mol. The van der Waals surface area contributed by atoms with Crippen LogP contribution in [0.2, 0.25) is 5.02 Å². The highest BCUT2D eigenvalue weighted by molar-refractivity contribution is 6.30. The van der Waals surface area contributed by atoms with Crippen LogP contribution in [-0.2, 0) is 19.1 Å². The van der Waals surface area contributed by atoms with Crippen LogP contribution in [0.3, 0.4) is 0 Å². The van der Waals surface area contributed by atoms with Crippen molar-refractivity contribution >= 4 is 46.8 Å². The standard InChI is InChI=1S/C19H17ClN2O4/c1-13(23)21-16-7-9-17(10-8-16)22-18(24)12-26-19(25)11-4-14-2-5-15(20)6-3-14/h2-11H,12H2,1H3,(H,21,23)(H,22,24)/b11-4+. The van der Waals surface area contributed by atoms with Gasteiger partial charge in [-0.2, -0.15) is 0 Å². The Morgan fingerprint density at radius 2 is 1.54 bits per heavy atom. The van der Waals surface area contributed by atoms with Gasteiger partial charge < -0.3 is 15.4 Å². The van der Waals surface area contributed by atoms with E-state index in [1.54, 1.807) is 54.6 Å². The summed E-state index contributed by atoms with van der Waals surface area (Å²) in [5, 5.41) is 5.81. The van der Waals surface area contributed by atoms with Crippen molar-refractivity contribution in [2.75, 3.05) is 17.2 Å². The summed E-state index contributed by atoms with van der Waals surface area (Å²) in [6.07, 6.45) is 2.80. The Labute approximate surface area is 155 Å². The molecule has 6 nitrogen and oxygen atoms in total. The number of benzene rings is 2. The molecule has 0 aromatic heterocycles. The lowest BCUT2D eigenvalue weighted by Crippen LogP contribution is -2.20. The Morgan fingerprint density at radius 1 is 0.962 bits per heavy atom. The number of halogens is 1. The number of amides is 2. The van der Waals surface area contributed by atoms with Crippen LogP contribution in [0.5, 0.6) is 0 Å². The first-order chi connectivity index (χ1) is 12.4. The molecule has 0 aliphatic carbocycles. The molecule has 0 radical (unpaired) electrons. The highest BCUT2D eigenvalue weighted by atomic mass is 35.5. The Kier molecular flexibility index (Phi) is 6.93. The molecule has 0 unspecified atom stereocenters. The summed E-state index contributed by atoms with van der Waals surface area (Å²) in [4.78, 5) is 34.4. The molecule has 0 aliphatic rings. The van der Waals surface area contributed by atoms with Gasteiger partial charge in [0.2, 0.25) is 5.91 Å². The van der Waals surface area contributed by atoms with Gasteiger partial charge in [0, 0.05) is 29.4 Å². The Balaban J connectivity index is 1.78. The number of rotatable bonds is 6. The summed E-state index contributed by atoms with van der Waals surface area (Å²) in [5.74, 6) is -1.28.